The third kappa shape index (κ3) is 4.43. The van der Waals surface area contributed by atoms with Crippen LogP contribution in [0.3, 0.4) is 0 Å². The molecule has 1 amide bonds. The van der Waals surface area contributed by atoms with E-state index in [9.17, 15) is 9.59 Å². The SMILES string of the molecule is COc1ccc(NC(=O)CCSc2nc3ccccc3c(=O)n2C)cc1Cl. The number of halogens is 1. The summed E-state index contributed by atoms with van der Waals surface area (Å²) < 4.78 is 6.60. The maximum Gasteiger partial charge on any atom is 0.261 e. The van der Waals surface area contributed by atoms with Gasteiger partial charge in [0.15, 0.2) is 5.16 Å². The molecule has 0 aliphatic carbocycles. The number of amides is 1. The first-order valence-electron chi connectivity index (χ1n) is 8.21. The quantitative estimate of drug-likeness (QED) is 0.501. The molecule has 0 aliphatic heterocycles. The zero-order chi connectivity index (χ0) is 19.4. The van der Waals surface area contributed by atoms with Crippen LogP contribution >= 0.6 is 23.4 Å². The number of aromatic nitrogens is 2. The fourth-order valence-corrected chi connectivity index (χ4v) is 3.70. The molecule has 6 nitrogen and oxygen atoms in total. The number of rotatable bonds is 6. The Bertz CT molecular complexity index is 1050. The Kier molecular flexibility index (Phi) is 6.03. The highest BCUT2D eigenvalue weighted by Crippen LogP contribution is 2.27. The lowest BCUT2D eigenvalue weighted by Gasteiger charge is -2.09. The molecule has 0 bridgehead atoms. The molecule has 0 saturated heterocycles. The topological polar surface area (TPSA) is 73.2 Å². The number of nitrogens with zero attached hydrogens (tertiary/aromatic N) is 2. The van der Waals surface area contributed by atoms with E-state index in [0.29, 0.717) is 38.3 Å². The normalized spacial score (nSPS) is 10.8. The monoisotopic (exact) mass is 403 g/mol. The molecule has 0 fully saturated rings. The molecule has 1 aromatic heterocycles. The zero-order valence-electron chi connectivity index (χ0n) is 14.9. The third-order valence-corrected chi connectivity index (χ3v) is 5.26. The second kappa shape index (κ2) is 8.45. The van der Waals surface area contributed by atoms with Crippen molar-refractivity contribution in [2.24, 2.45) is 7.05 Å². The molecule has 0 aliphatic rings. The molecule has 3 rings (SSSR count). The predicted octanol–water partition coefficient (Wildman–Crippen LogP) is 3.72. The van der Waals surface area contributed by atoms with Gasteiger partial charge in [-0.2, -0.15) is 0 Å². The van der Waals surface area contributed by atoms with Crippen molar-refractivity contribution in [3.63, 3.8) is 0 Å². The second-order valence-corrected chi connectivity index (χ2v) is 7.24. The number of para-hydroxylation sites is 1. The molecular formula is C19H18ClN3O3S. The Morgan fingerprint density at radius 3 is 2.81 bits per heavy atom. The van der Waals surface area contributed by atoms with Crippen molar-refractivity contribution in [1.29, 1.82) is 0 Å². The molecule has 1 heterocycles. The van der Waals surface area contributed by atoms with Gasteiger partial charge >= 0.3 is 0 Å². The summed E-state index contributed by atoms with van der Waals surface area (Å²) in [5, 5.41) is 4.39. The van der Waals surface area contributed by atoms with E-state index in [4.69, 9.17) is 16.3 Å². The molecule has 2 aromatic carbocycles. The van der Waals surface area contributed by atoms with Crippen LogP contribution in [-0.4, -0.2) is 28.3 Å². The first-order chi connectivity index (χ1) is 13.0. The van der Waals surface area contributed by atoms with Gasteiger partial charge in [-0.25, -0.2) is 4.98 Å². The summed E-state index contributed by atoms with van der Waals surface area (Å²) >= 11 is 7.43. The maximum atomic E-state index is 12.4. The van der Waals surface area contributed by atoms with Crippen molar-refractivity contribution in [2.45, 2.75) is 11.6 Å². The molecule has 8 heteroatoms. The fraction of sp³-hybridized carbons (Fsp3) is 0.211. The number of fused-ring (bicyclic) bond motifs is 1. The standard InChI is InChI=1S/C19H18ClN3O3S/c1-23-18(25)13-5-3-4-6-15(13)22-19(23)27-10-9-17(24)21-12-7-8-16(26-2)14(20)11-12/h3-8,11H,9-10H2,1-2H3,(H,21,24). The number of thioether (sulfide) groups is 1. The second-order valence-electron chi connectivity index (χ2n) is 5.77. The minimum Gasteiger partial charge on any atom is -0.495 e. The number of carbonyl (C=O) groups excluding carboxylic acids is 1. The van der Waals surface area contributed by atoms with E-state index < -0.39 is 0 Å². The molecule has 0 saturated carbocycles. The number of methoxy groups -OCH3 is 1. The van der Waals surface area contributed by atoms with E-state index in [-0.39, 0.29) is 17.9 Å². The van der Waals surface area contributed by atoms with E-state index >= 15 is 0 Å². The van der Waals surface area contributed by atoms with Gasteiger partial charge in [0, 0.05) is 24.9 Å². The number of hydrogen-bond acceptors (Lipinski definition) is 5. The summed E-state index contributed by atoms with van der Waals surface area (Å²) in [6.45, 7) is 0. The molecule has 27 heavy (non-hydrogen) atoms. The average Bonchev–Trinajstić information content (AvgIpc) is 2.66. The van der Waals surface area contributed by atoms with Gasteiger partial charge in [0.2, 0.25) is 5.91 Å². The molecule has 0 unspecified atom stereocenters. The third-order valence-electron chi connectivity index (χ3n) is 3.94. The van der Waals surface area contributed by atoms with E-state index in [1.54, 1.807) is 37.4 Å². The lowest BCUT2D eigenvalue weighted by molar-refractivity contribution is -0.115. The molecule has 0 radical (unpaired) electrons. The largest absolute Gasteiger partial charge is 0.495 e. The molecule has 3 aromatic rings. The van der Waals surface area contributed by atoms with Crippen molar-refractivity contribution in [3.8, 4) is 5.75 Å². The molecular weight excluding hydrogens is 386 g/mol. The summed E-state index contributed by atoms with van der Waals surface area (Å²) in [5.74, 6) is 0.900. The van der Waals surface area contributed by atoms with Gasteiger partial charge in [-0.15, -0.1) is 0 Å². The lowest BCUT2D eigenvalue weighted by atomic mass is 10.2. The van der Waals surface area contributed by atoms with Gasteiger partial charge in [-0.1, -0.05) is 35.5 Å². The molecule has 1 N–H and O–H groups in total. The van der Waals surface area contributed by atoms with Crippen LogP contribution in [-0.2, 0) is 11.8 Å². The van der Waals surface area contributed by atoms with Crippen LogP contribution in [0.15, 0.2) is 52.4 Å². The number of ether oxygens (including phenoxy) is 1. The molecule has 0 spiro atoms. The highest BCUT2D eigenvalue weighted by Gasteiger charge is 2.10. The van der Waals surface area contributed by atoms with E-state index in [0.717, 1.165) is 0 Å². The van der Waals surface area contributed by atoms with Crippen LogP contribution in [0.2, 0.25) is 5.02 Å². The van der Waals surface area contributed by atoms with Gasteiger partial charge in [-0.3, -0.25) is 14.2 Å². The van der Waals surface area contributed by atoms with Crippen molar-refractivity contribution in [1.82, 2.24) is 9.55 Å². The maximum absolute atomic E-state index is 12.4. The Morgan fingerprint density at radius 2 is 2.07 bits per heavy atom. The van der Waals surface area contributed by atoms with E-state index in [2.05, 4.69) is 10.3 Å². The van der Waals surface area contributed by atoms with Crippen LogP contribution in [0.5, 0.6) is 5.75 Å². The summed E-state index contributed by atoms with van der Waals surface area (Å²) in [4.78, 5) is 29.0. The van der Waals surface area contributed by atoms with Crippen LogP contribution in [0.1, 0.15) is 6.42 Å². The van der Waals surface area contributed by atoms with Gasteiger partial charge in [-0.05, 0) is 30.3 Å². The average molecular weight is 404 g/mol. The first-order valence-corrected chi connectivity index (χ1v) is 9.58. The minimum absolute atomic E-state index is 0.0968. The van der Waals surface area contributed by atoms with Crippen LogP contribution in [0.4, 0.5) is 5.69 Å². The Labute approximate surface area is 165 Å². The highest BCUT2D eigenvalue weighted by molar-refractivity contribution is 7.99. The number of anilines is 1. The number of carbonyl (C=O) groups is 1. The summed E-state index contributed by atoms with van der Waals surface area (Å²) in [7, 11) is 3.22. The minimum atomic E-state index is -0.144. The highest BCUT2D eigenvalue weighted by atomic mass is 35.5. The molecule has 140 valence electrons. The van der Waals surface area contributed by atoms with Gasteiger partial charge in [0.1, 0.15) is 5.75 Å². The lowest BCUT2D eigenvalue weighted by Crippen LogP contribution is -2.20. The number of nitrogens with one attached hydrogen (secondary N) is 1. The first kappa shape index (κ1) is 19.3. The van der Waals surface area contributed by atoms with Crippen molar-refractivity contribution < 1.29 is 9.53 Å². The summed E-state index contributed by atoms with van der Waals surface area (Å²) in [6, 6.07) is 12.3. The number of hydrogen-bond donors (Lipinski definition) is 1. The van der Waals surface area contributed by atoms with Crippen molar-refractivity contribution in [3.05, 3.63) is 57.8 Å². The van der Waals surface area contributed by atoms with E-state index in [1.807, 2.05) is 12.1 Å². The van der Waals surface area contributed by atoms with Gasteiger partial charge in [0.25, 0.3) is 5.56 Å². The van der Waals surface area contributed by atoms with Gasteiger partial charge < -0.3 is 10.1 Å². The van der Waals surface area contributed by atoms with Crippen molar-refractivity contribution >= 4 is 45.9 Å². The van der Waals surface area contributed by atoms with Crippen molar-refractivity contribution in [2.75, 3.05) is 18.2 Å². The van der Waals surface area contributed by atoms with E-state index in [1.165, 1.54) is 23.4 Å². The fourth-order valence-electron chi connectivity index (χ4n) is 2.53. The Balaban J connectivity index is 1.62. The van der Waals surface area contributed by atoms with Crippen LogP contribution < -0.4 is 15.6 Å². The summed E-state index contributed by atoms with van der Waals surface area (Å²) in [6.07, 6.45) is 0.275. The molecule has 0 atom stereocenters. The summed E-state index contributed by atoms with van der Waals surface area (Å²) in [5.41, 5.74) is 1.16. The zero-order valence-corrected chi connectivity index (χ0v) is 16.4. The number of benzene rings is 2. The Hall–Kier alpha value is -2.51. The van der Waals surface area contributed by atoms with Crippen LogP contribution in [0.25, 0.3) is 10.9 Å². The Morgan fingerprint density at radius 1 is 1.30 bits per heavy atom. The predicted molar refractivity (Wildman–Crippen MR) is 109 cm³/mol. The van der Waals surface area contributed by atoms with Crippen LogP contribution in [0, 0.1) is 0 Å². The van der Waals surface area contributed by atoms with Gasteiger partial charge in [0.05, 0.1) is 23.0 Å². The smallest absolute Gasteiger partial charge is 0.261 e.